The van der Waals surface area contributed by atoms with Gasteiger partial charge in [0.15, 0.2) is 23.0 Å². The molecule has 2 aromatic rings. The Hall–Kier alpha value is -4.82. The second-order valence-corrected chi connectivity index (χ2v) is 18.8. The van der Waals surface area contributed by atoms with E-state index in [4.69, 9.17) is 18.9 Å². The van der Waals surface area contributed by atoms with Crippen LogP contribution in [0.2, 0.25) is 0 Å². The fraction of sp³-hybridized carbons (Fsp3) is 0.609. The average Bonchev–Trinajstić information content (AvgIpc) is 3.39. The molecule has 60 heavy (non-hydrogen) atoms. The minimum atomic E-state index is -1.17. The molecule has 1 aliphatic carbocycles. The predicted molar refractivity (Wildman–Crippen MR) is 216 cm³/mol. The van der Waals surface area contributed by atoms with Gasteiger partial charge >= 0.3 is 35.8 Å². The van der Waals surface area contributed by atoms with Crippen molar-refractivity contribution in [3.05, 3.63) is 47.5 Å². The van der Waals surface area contributed by atoms with Crippen LogP contribution in [0.5, 0.6) is 23.0 Å². The molecule has 14 nitrogen and oxygen atoms in total. The van der Waals surface area contributed by atoms with Crippen molar-refractivity contribution >= 4 is 35.8 Å². The number of ether oxygens (including phenoxy) is 4. The van der Waals surface area contributed by atoms with Crippen LogP contribution in [0.3, 0.4) is 0 Å². The zero-order chi connectivity index (χ0) is 43.3. The molecule has 5 fully saturated rings. The minimum Gasteiger partial charge on any atom is -0.481 e. The summed E-state index contributed by atoms with van der Waals surface area (Å²) in [6.07, 6.45) is 8.14. The SMILES string of the molecule is CC(=O)Oc1ccc(C[N+]2(C)C3CCC2CC([C@H]2C(C(=O)O)CCC[C@@]2(C(=O)O)C2CC4CCC(C2)[N+]4(C)Cc2ccc(OC(C)=O)c(OC(C)=O)c2)C3)cc1OC(C)=O. The molecule has 7 rings (SSSR count). The molecule has 1 saturated carbocycles. The van der Waals surface area contributed by atoms with Gasteiger partial charge < -0.3 is 38.1 Å². The Kier molecular flexibility index (Phi) is 11.9. The number of carboxylic acid groups (broad SMARTS) is 2. The third-order valence-electron chi connectivity index (χ3n) is 15.4. The molecule has 5 aliphatic rings. The number of nitrogens with zero attached hydrogens (tertiary/aromatic N) is 2. The number of carboxylic acids is 2. The van der Waals surface area contributed by atoms with E-state index in [1.54, 1.807) is 24.3 Å². The lowest BCUT2D eigenvalue weighted by Crippen LogP contribution is -2.64. The first kappa shape index (κ1) is 43.3. The second-order valence-electron chi connectivity index (χ2n) is 18.8. The van der Waals surface area contributed by atoms with E-state index in [0.29, 0.717) is 49.7 Å². The summed E-state index contributed by atoms with van der Waals surface area (Å²) in [5.41, 5.74) is 0.664. The van der Waals surface area contributed by atoms with Crippen LogP contribution in [0, 0.1) is 29.1 Å². The van der Waals surface area contributed by atoms with Crippen LogP contribution in [0.15, 0.2) is 36.4 Å². The number of benzene rings is 2. The Morgan fingerprint density at radius 1 is 0.600 bits per heavy atom. The summed E-state index contributed by atoms with van der Waals surface area (Å²) < 4.78 is 22.9. The van der Waals surface area contributed by atoms with Gasteiger partial charge in [0.1, 0.15) is 13.1 Å². The van der Waals surface area contributed by atoms with E-state index >= 15 is 0 Å². The highest BCUT2D eigenvalue weighted by atomic mass is 16.6. The number of quaternary nitrogens is 2. The third kappa shape index (κ3) is 8.04. The maximum absolute atomic E-state index is 14.1. The quantitative estimate of drug-likeness (QED) is 0.136. The number of piperidine rings is 2. The Morgan fingerprint density at radius 2 is 1.00 bits per heavy atom. The summed E-state index contributed by atoms with van der Waals surface area (Å²) in [4.78, 5) is 74.8. The van der Waals surface area contributed by atoms with Crippen molar-refractivity contribution in [3.63, 3.8) is 0 Å². The fourth-order valence-corrected chi connectivity index (χ4v) is 13.0. The molecule has 0 radical (unpaired) electrons. The van der Waals surface area contributed by atoms with Gasteiger partial charge in [-0.1, -0.05) is 6.42 Å². The second kappa shape index (κ2) is 16.6. The molecular weight excluding hydrogens is 773 g/mol. The first-order valence-corrected chi connectivity index (χ1v) is 21.5. The molecule has 5 unspecified atom stereocenters. The van der Waals surface area contributed by atoms with E-state index in [1.165, 1.54) is 27.7 Å². The highest BCUT2D eigenvalue weighted by Gasteiger charge is 2.66. The summed E-state index contributed by atoms with van der Waals surface area (Å²) in [6, 6.07) is 11.3. The first-order chi connectivity index (χ1) is 28.3. The van der Waals surface area contributed by atoms with Crippen LogP contribution in [-0.4, -0.2) is 93.3 Å². The van der Waals surface area contributed by atoms with Gasteiger partial charge in [-0.3, -0.25) is 28.8 Å². The van der Waals surface area contributed by atoms with Crippen LogP contribution >= 0.6 is 0 Å². The fourth-order valence-electron chi connectivity index (χ4n) is 13.0. The number of esters is 4. The van der Waals surface area contributed by atoms with Gasteiger partial charge in [0.05, 0.1) is 49.6 Å². The lowest BCUT2D eigenvalue weighted by atomic mass is 9.49. The van der Waals surface area contributed by atoms with Crippen LogP contribution in [-0.2, 0) is 41.9 Å². The van der Waals surface area contributed by atoms with Gasteiger partial charge in [-0.05, 0) is 67.0 Å². The molecular formula is C46H60N2O12+2. The minimum absolute atomic E-state index is 0.0648. The van der Waals surface area contributed by atoms with Crippen LogP contribution in [0.4, 0.5) is 0 Å². The molecule has 7 atom stereocenters. The van der Waals surface area contributed by atoms with Crippen LogP contribution in [0.25, 0.3) is 0 Å². The maximum Gasteiger partial charge on any atom is 0.310 e. The molecule has 4 heterocycles. The summed E-state index contributed by atoms with van der Waals surface area (Å²) in [6.45, 7) is 6.42. The van der Waals surface area contributed by atoms with Crippen molar-refractivity contribution in [2.24, 2.45) is 29.1 Å². The number of carbonyl (C=O) groups excluding carboxylic acids is 4. The molecule has 4 aliphatic heterocycles. The van der Waals surface area contributed by atoms with E-state index in [2.05, 4.69) is 14.1 Å². The van der Waals surface area contributed by atoms with Gasteiger partial charge in [0, 0.05) is 90.2 Å². The molecule has 0 amide bonds. The number of fused-ring (bicyclic) bond motifs is 4. The molecule has 14 heteroatoms. The van der Waals surface area contributed by atoms with Gasteiger partial charge in [0.2, 0.25) is 0 Å². The van der Waals surface area contributed by atoms with Gasteiger partial charge in [-0.2, -0.15) is 0 Å². The smallest absolute Gasteiger partial charge is 0.310 e. The van der Waals surface area contributed by atoms with E-state index < -0.39 is 53.1 Å². The lowest BCUT2D eigenvalue weighted by molar-refractivity contribution is -0.962. The van der Waals surface area contributed by atoms with E-state index in [-0.39, 0.29) is 59.0 Å². The van der Waals surface area contributed by atoms with Crippen molar-refractivity contribution in [2.75, 3.05) is 14.1 Å². The van der Waals surface area contributed by atoms with Crippen LogP contribution < -0.4 is 18.9 Å². The number of hydrogen-bond donors (Lipinski definition) is 2. The Balaban J connectivity index is 1.15. The number of hydrogen-bond acceptors (Lipinski definition) is 10. The molecule has 4 saturated heterocycles. The number of aliphatic carboxylic acids is 2. The number of rotatable bonds is 12. The van der Waals surface area contributed by atoms with Crippen molar-refractivity contribution < 1.29 is 66.9 Å². The molecule has 0 aromatic heterocycles. The molecule has 324 valence electrons. The third-order valence-corrected chi connectivity index (χ3v) is 15.4. The molecule has 0 spiro atoms. The monoisotopic (exact) mass is 832 g/mol. The summed E-state index contributed by atoms with van der Waals surface area (Å²) >= 11 is 0. The Morgan fingerprint density at radius 3 is 1.38 bits per heavy atom. The topological polar surface area (TPSA) is 180 Å². The highest BCUT2D eigenvalue weighted by Crippen LogP contribution is 2.62. The van der Waals surface area contributed by atoms with Gasteiger partial charge in [-0.25, -0.2) is 0 Å². The maximum atomic E-state index is 14.1. The van der Waals surface area contributed by atoms with Gasteiger partial charge in [-0.15, -0.1) is 0 Å². The van der Waals surface area contributed by atoms with Crippen molar-refractivity contribution in [3.8, 4) is 23.0 Å². The van der Waals surface area contributed by atoms with Crippen molar-refractivity contribution in [2.45, 2.75) is 136 Å². The van der Waals surface area contributed by atoms with E-state index in [9.17, 15) is 39.0 Å². The molecule has 2 N–H and O–H groups in total. The van der Waals surface area contributed by atoms with Crippen molar-refractivity contribution in [1.29, 1.82) is 0 Å². The standard InChI is InChI=1S/C46H58N2O12/c1-26(49)57-39-15-9-30(18-41(39)59-28(3)51)24-47(5)34-11-12-35(47)21-32(20-34)43-38(44(53)54)8-7-17-46(43,45(55)56)33-22-36-13-14-37(23-33)48(36,6)25-31-10-16-40(58-27(2)50)42(19-31)60-29(4)52/h9-10,15-16,18-19,32-38,43H,7-8,11-14,17,20-25H2,1-6H3/p+2/t32?,33?,34?,35?,36?,37?,38?,43-,46+,47?,48?/m0/s1. The highest BCUT2D eigenvalue weighted by molar-refractivity contribution is 5.79. The zero-order valence-electron chi connectivity index (χ0n) is 35.6. The van der Waals surface area contributed by atoms with Crippen molar-refractivity contribution in [1.82, 2.24) is 0 Å². The Bertz CT molecular complexity index is 2040. The predicted octanol–water partition coefficient (Wildman–Crippen LogP) is 6.44. The first-order valence-electron chi connectivity index (χ1n) is 21.5. The van der Waals surface area contributed by atoms with E-state index in [0.717, 1.165) is 54.1 Å². The Labute approximate surface area is 351 Å². The van der Waals surface area contributed by atoms with Gasteiger partial charge in [0.25, 0.3) is 0 Å². The largest absolute Gasteiger partial charge is 0.481 e. The summed E-state index contributed by atoms with van der Waals surface area (Å²) in [5.74, 6) is -4.64. The zero-order valence-corrected chi connectivity index (χ0v) is 35.6. The summed E-state index contributed by atoms with van der Waals surface area (Å²) in [7, 11) is 4.47. The molecule has 2 aromatic carbocycles. The number of carbonyl (C=O) groups is 6. The van der Waals surface area contributed by atoms with E-state index in [1.807, 2.05) is 12.1 Å². The lowest BCUT2D eigenvalue weighted by Gasteiger charge is -2.58. The molecule has 4 bridgehead atoms. The average molecular weight is 833 g/mol. The van der Waals surface area contributed by atoms with Crippen LogP contribution in [0.1, 0.15) is 109 Å². The normalized spacial score (nSPS) is 34.3. The summed E-state index contributed by atoms with van der Waals surface area (Å²) in [5, 5.41) is 22.4.